The van der Waals surface area contributed by atoms with Gasteiger partial charge in [-0.3, -0.25) is 9.55 Å². The number of fused-ring (bicyclic) bond motifs is 1. The second kappa shape index (κ2) is 3.82. The van der Waals surface area contributed by atoms with Gasteiger partial charge in [-0.15, -0.1) is 0 Å². The first-order valence-electron chi connectivity index (χ1n) is 5.37. The number of nitrogens with zero attached hydrogens (tertiary/aromatic N) is 2. The molecule has 3 nitrogen and oxygen atoms in total. The Kier molecular flexibility index (Phi) is 2.30. The van der Waals surface area contributed by atoms with Crippen LogP contribution in [0.15, 0.2) is 42.9 Å². The van der Waals surface area contributed by atoms with Crippen molar-refractivity contribution >= 4 is 23.0 Å². The van der Waals surface area contributed by atoms with Crippen LogP contribution in [0.1, 0.15) is 5.69 Å². The van der Waals surface area contributed by atoms with Gasteiger partial charge in [0.25, 0.3) is 0 Å². The first-order chi connectivity index (χ1) is 8.27. The van der Waals surface area contributed by atoms with E-state index in [0.717, 1.165) is 16.8 Å². The van der Waals surface area contributed by atoms with Crippen molar-refractivity contribution in [2.75, 3.05) is 0 Å². The SMILES string of the molecule is Cc1c[nH]c(=S)n1-c1cccc2ccncc12. The molecule has 2 heterocycles. The Labute approximate surface area is 104 Å². The number of imidazole rings is 1. The Hall–Kier alpha value is -1.94. The minimum Gasteiger partial charge on any atom is -0.337 e. The lowest BCUT2D eigenvalue weighted by Gasteiger charge is -2.08. The highest BCUT2D eigenvalue weighted by Gasteiger charge is 2.06. The van der Waals surface area contributed by atoms with Crippen LogP contribution in [0.2, 0.25) is 0 Å². The Bertz CT molecular complexity index is 734. The molecule has 0 aliphatic heterocycles. The third kappa shape index (κ3) is 1.57. The van der Waals surface area contributed by atoms with Gasteiger partial charge in [-0.2, -0.15) is 0 Å². The number of hydrogen-bond donors (Lipinski definition) is 1. The first-order valence-corrected chi connectivity index (χ1v) is 5.78. The van der Waals surface area contributed by atoms with Gasteiger partial charge in [0.05, 0.1) is 5.69 Å². The van der Waals surface area contributed by atoms with E-state index in [9.17, 15) is 0 Å². The van der Waals surface area contributed by atoms with Gasteiger partial charge in [-0.1, -0.05) is 12.1 Å². The molecular formula is C13H11N3S. The smallest absolute Gasteiger partial charge is 0.182 e. The fraction of sp³-hybridized carbons (Fsp3) is 0.0769. The van der Waals surface area contributed by atoms with Crippen LogP contribution in [0.25, 0.3) is 16.5 Å². The second-order valence-corrected chi connectivity index (χ2v) is 4.33. The lowest BCUT2D eigenvalue weighted by molar-refractivity contribution is 0.994. The third-order valence-corrected chi connectivity index (χ3v) is 3.16. The quantitative estimate of drug-likeness (QED) is 0.662. The molecule has 0 fully saturated rings. The maximum Gasteiger partial charge on any atom is 0.182 e. The first kappa shape index (κ1) is 10.2. The van der Waals surface area contributed by atoms with Gasteiger partial charge in [0.2, 0.25) is 0 Å². The molecule has 0 spiro atoms. The lowest BCUT2D eigenvalue weighted by atomic mass is 10.1. The highest BCUT2D eigenvalue weighted by Crippen LogP contribution is 2.22. The third-order valence-electron chi connectivity index (χ3n) is 2.86. The predicted octanol–water partition coefficient (Wildman–Crippen LogP) is 3.39. The number of hydrogen-bond acceptors (Lipinski definition) is 2. The van der Waals surface area contributed by atoms with Crippen molar-refractivity contribution in [2.24, 2.45) is 0 Å². The highest BCUT2D eigenvalue weighted by atomic mass is 32.1. The summed E-state index contributed by atoms with van der Waals surface area (Å²) in [6.45, 7) is 2.03. The van der Waals surface area contributed by atoms with Crippen LogP contribution in [-0.4, -0.2) is 14.5 Å². The van der Waals surface area contributed by atoms with Crippen molar-refractivity contribution in [1.29, 1.82) is 0 Å². The summed E-state index contributed by atoms with van der Waals surface area (Å²) in [4.78, 5) is 7.24. The molecule has 0 radical (unpaired) electrons. The summed E-state index contributed by atoms with van der Waals surface area (Å²) in [5, 5.41) is 2.27. The molecule has 0 aliphatic carbocycles. The van der Waals surface area contributed by atoms with Gasteiger partial charge in [0.1, 0.15) is 0 Å². The van der Waals surface area contributed by atoms with Crippen molar-refractivity contribution in [2.45, 2.75) is 6.92 Å². The molecule has 0 atom stereocenters. The highest BCUT2D eigenvalue weighted by molar-refractivity contribution is 7.71. The fourth-order valence-electron chi connectivity index (χ4n) is 2.05. The van der Waals surface area contributed by atoms with E-state index in [1.807, 2.05) is 36.0 Å². The van der Waals surface area contributed by atoms with Crippen molar-refractivity contribution in [1.82, 2.24) is 14.5 Å². The van der Waals surface area contributed by atoms with Gasteiger partial charge in [0.15, 0.2) is 4.77 Å². The van der Waals surface area contributed by atoms with Crippen LogP contribution >= 0.6 is 12.2 Å². The maximum absolute atomic E-state index is 5.30. The molecule has 0 bridgehead atoms. The molecule has 0 amide bonds. The van der Waals surface area contributed by atoms with Crippen molar-refractivity contribution < 1.29 is 0 Å². The monoisotopic (exact) mass is 241 g/mol. The number of aryl methyl sites for hydroxylation is 1. The number of benzene rings is 1. The molecule has 3 aromatic rings. The predicted molar refractivity (Wildman–Crippen MR) is 71.0 cm³/mol. The number of nitrogens with one attached hydrogen (secondary N) is 1. The van der Waals surface area contributed by atoms with E-state index in [-0.39, 0.29) is 0 Å². The van der Waals surface area contributed by atoms with Crippen LogP contribution in [0.4, 0.5) is 0 Å². The average molecular weight is 241 g/mol. The molecule has 17 heavy (non-hydrogen) atoms. The van der Waals surface area contributed by atoms with Crippen LogP contribution in [0, 0.1) is 11.7 Å². The van der Waals surface area contributed by atoms with Crippen molar-refractivity contribution in [3.8, 4) is 5.69 Å². The van der Waals surface area contributed by atoms with Gasteiger partial charge < -0.3 is 4.98 Å². The van der Waals surface area contributed by atoms with E-state index in [2.05, 4.69) is 22.1 Å². The second-order valence-electron chi connectivity index (χ2n) is 3.94. The Morgan fingerprint density at radius 2 is 2.18 bits per heavy atom. The fourth-order valence-corrected chi connectivity index (χ4v) is 2.35. The average Bonchev–Trinajstić information content (AvgIpc) is 2.69. The molecule has 1 aromatic carbocycles. The molecule has 3 rings (SSSR count). The van der Waals surface area contributed by atoms with Crippen molar-refractivity contribution in [3.05, 3.63) is 53.3 Å². The Morgan fingerprint density at radius 1 is 1.29 bits per heavy atom. The molecule has 0 saturated heterocycles. The van der Waals surface area contributed by atoms with Gasteiger partial charge in [0, 0.05) is 29.7 Å². The van der Waals surface area contributed by atoms with Crippen LogP contribution in [-0.2, 0) is 0 Å². The minimum absolute atomic E-state index is 0.707. The number of H-pyrrole nitrogens is 1. The zero-order valence-corrected chi connectivity index (χ0v) is 10.2. The summed E-state index contributed by atoms with van der Waals surface area (Å²) in [6.07, 6.45) is 5.59. The van der Waals surface area contributed by atoms with Gasteiger partial charge >= 0.3 is 0 Å². The zero-order valence-electron chi connectivity index (χ0n) is 9.34. The van der Waals surface area contributed by atoms with Crippen LogP contribution < -0.4 is 0 Å². The molecule has 4 heteroatoms. The Morgan fingerprint density at radius 3 is 2.94 bits per heavy atom. The molecule has 1 N–H and O–H groups in total. The summed E-state index contributed by atoms with van der Waals surface area (Å²) in [6, 6.07) is 8.17. The number of aromatic nitrogens is 3. The minimum atomic E-state index is 0.707. The summed E-state index contributed by atoms with van der Waals surface area (Å²) < 4.78 is 2.73. The number of aromatic amines is 1. The van der Waals surface area contributed by atoms with E-state index in [0.29, 0.717) is 4.77 Å². The van der Waals surface area contributed by atoms with Crippen LogP contribution in [0.5, 0.6) is 0 Å². The number of rotatable bonds is 1. The Balaban J connectivity index is 2.43. The summed E-state index contributed by atoms with van der Waals surface area (Å²) in [5.74, 6) is 0. The van der Waals surface area contributed by atoms with Crippen LogP contribution in [0.3, 0.4) is 0 Å². The van der Waals surface area contributed by atoms with Crippen molar-refractivity contribution in [3.63, 3.8) is 0 Å². The van der Waals surface area contributed by atoms with E-state index in [4.69, 9.17) is 12.2 Å². The van der Waals surface area contributed by atoms with E-state index < -0.39 is 0 Å². The maximum atomic E-state index is 5.30. The van der Waals surface area contributed by atoms with Gasteiger partial charge in [-0.05, 0) is 36.7 Å². The summed E-state index contributed by atoms with van der Waals surface area (Å²) in [7, 11) is 0. The largest absolute Gasteiger partial charge is 0.337 e. The summed E-state index contributed by atoms with van der Waals surface area (Å²) in [5.41, 5.74) is 2.16. The zero-order chi connectivity index (χ0) is 11.8. The lowest BCUT2D eigenvalue weighted by Crippen LogP contribution is -1.97. The standard InChI is InChI=1S/C13H11N3S/c1-9-7-15-13(17)16(9)12-4-2-3-10-5-6-14-8-11(10)12/h2-8H,1H3,(H,15,17). The van der Waals surface area contributed by atoms with Gasteiger partial charge in [-0.25, -0.2) is 0 Å². The number of pyridine rings is 1. The molecule has 84 valence electrons. The molecular weight excluding hydrogens is 230 g/mol. The molecule has 0 aliphatic rings. The van der Waals surface area contributed by atoms with E-state index >= 15 is 0 Å². The topological polar surface area (TPSA) is 33.6 Å². The van der Waals surface area contributed by atoms with E-state index in [1.54, 1.807) is 6.20 Å². The molecule has 0 unspecified atom stereocenters. The molecule has 2 aromatic heterocycles. The summed E-state index contributed by atoms with van der Waals surface area (Å²) >= 11 is 5.30. The van der Waals surface area contributed by atoms with E-state index in [1.165, 1.54) is 5.39 Å². The molecule has 0 saturated carbocycles. The normalized spacial score (nSPS) is 10.9.